The molecule has 1 aliphatic rings. The van der Waals surface area contributed by atoms with Crippen molar-refractivity contribution >= 4 is 0 Å². The summed E-state index contributed by atoms with van der Waals surface area (Å²) in [5, 5.41) is 3.65. The first-order valence-corrected chi connectivity index (χ1v) is 9.22. The molecule has 1 atom stereocenters. The van der Waals surface area contributed by atoms with E-state index in [9.17, 15) is 0 Å². The second kappa shape index (κ2) is 8.52. The van der Waals surface area contributed by atoms with Gasteiger partial charge in [0.05, 0.1) is 19.8 Å². The molecule has 2 heterocycles. The predicted molar refractivity (Wildman–Crippen MR) is 104 cm³/mol. The molecular formula is C21H29N3O2. The van der Waals surface area contributed by atoms with Crippen LogP contribution in [0.1, 0.15) is 34.7 Å². The van der Waals surface area contributed by atoms with Crippen LogP contribution in [0.4, 0.5) is 0 Å². The van der Waals surface area contributed by atoms with Gasteiger partial charge in [-0.05, 0) is 74.3 Å². The Kier molecular flexibility index (Phi) is 6.12. The van der Waals surface area contributed by atoms with Crippen LogP contribution in [-0.4, -0.2) is 50.8 Å². The molecule has 1 aromatic carbocycles. The van der Waals surface area contributed by atoms with Crippen LogP contribution in [0.3, 0.4) is 0 Å². The van der Waals surface area contributed by atoms with E-state index in [1.165, 1.54) is 22.3 Å². The standard InChI is InChI=1S/C21H29N3O2/c1-15-14-22-8-7-17(15)21-18-13-20(26-11-5-10-24(2)3)19(25-4)12-16(18)6-9-23-21/h7-8,12-14,21,23H,5-6,9-11H2,1-4H3. The van der Waals surface area contributed by atoms with E-state index in [0.29, 0.717) is 6.61 Å². The van der Waals surface area contributed by atoms with Crippen molar-refractivity contribution in [2.45, 2.75) is 25.8 Å². The van der Waals surface area contributed by atoms with Gasteiger partial charge in [-0.25, -0.2) is 0 Å². The van der Waals surface area contributed by atoms with Crippen molar-refractivity contribution in [3.63, 3.8) is 0 Å². The van der Waals surface area contributed by atoms with Crippen molar-refractivity contribution in [1.82, 2.24) is 15.2 Å². The zero-order valence-electron chi connectivity index (χ0n) is 16.2. The van der Waals surface area contributed by atoms with Gasteiger partial charge in [-0.3, -0.25) is 4.98 Å². The minimum Gasteiger partial charge on any atom is -0.493 e. The highest BCUT2D eigenvalue weighted by Gasteiger charge is 2.25. The average Bonchev–Trinajstić information content (AvgIpc) is 2.64. The molecule has 2 aromatic rings. The Balaban J connectivity index is 1.88. The summed E-state index contributed by atoms with van der Waals surface area (Å²) in [7, 11) is 5.86. The summed E-state index contributed by atoms with van der Waals surface area (Å²) < 4.78 is 11.7. The lowest BCUT2D eigenvalue weighted by Gasteiger charge is -2.29. The van der Waals surface area contributed by atoms with E-state index in [0.717, 1.165) is 37.4 Å². The van der Waals surface area contributed by atoms with Crippen molar-refractivity contribution in [3.05, 3.63) is 52.8 Å². The first kappa shape index (κ1) is 18.7. The minimum absolute atomic E-state index is 0.164. The fourth-order valence-corrected chi connectivity index (χ4v) is 3.48. The molecule has 0 saturated heterocycles. The third-order valence-corrected chi connectivity index (χ3v) is 4.86. The highest BCUT2D eigenvalue weighted by Crippen LogP contribution is 2.38. The van der Waals surface area contributed by atoms with Gasteiger partial charge in [0, 0.05) is 25.5 Å². The maximum Gasteiger partial charge on any atom is 0.161 e. The van der Waals surface area contributed by atoms with Crippen LogP contribution in [0.5, 0.6) is 11.5 Å². The van der Waals surface area contributed by atoms with E-state index >= 15 is 0 Å². The van der Waals surface area contributed by atoms with Crippen molar-refractivity contribution in [3.8, 4) is 11.5 Å². The molecule has 1 N–H and O–H groups in total. The van der Waals surface area contributed by atoms with Crippen LogP contribution in [-0.2, 0) is 6.42 Å². The maximum absolute atomic E-state index is 6.07. The monoisotopic (exact) mass is 355 g/mol. The summed E-state index contributed by atoms with van der Waals surface area (Å²) in [5.74, 6) is 1.64. The summed E-state index contributed by atoms with van der Waals surface area (Å²) in [6.45, 7) is 4.75. The molecule has 0 aliphatic carbocycles. The summed E-state index contributed by atoms with van der Waals surface area (Å²) in [5.41, 5.74) is 5.06. The number of nitrogens with zero attached hydrogens (tertiary/aromatic N) is 2. The van der Waals surface area contributed by atoms with Gasteiger partial charge in [-0.2, -0.15) is 0 Å². The molecule has 26 heavy (non-hydrogen) atoms. The van der Waals surface area contributed by atoms with Gasteiger partial charge in [0.15, 0.2) is 11.5 Å². The Morgan fingerprint density at radius 2 is 2.08 bits per heavy atom. The largest absolute Gasteiger partial charge is 0.493 e. The number of aryl methyl sites for hydroxylation is 1. The van der Waals surface area contributed by atoms with Crippen LogP contribution in [0.2, 0.25) is 0 Å². The molecule has 1 unspecified atom stereocenters. The number of pyridine rings is 1. The second-order valence-electron chi connectivity index (χ2n) is 7.08. The number of aromatic nitrogens is 1. The van der Waals surface area contributed by atoms with Gasteiger partial charge in [0.25, 0.3) is 0 Å². The molecular weight excluding hydrogens is 326 g/mol. The minimum atomic E-state index is 0.164. The van der Waals surface area contributed by atoms with E-state index in [-0.39, 0.29) is 6.04 Å². The molecule has 1 aliphatic heterocycles. The van der Waals surface area contributed by atoms with Gasteiger partial charge >= 0.3 is 0 Å². The number of methoxy groups -OCH3 is 1. The first-order chi connectivity index (χ1) is 12.6. The Morgan fingerprint density at radius 3 is 2.81 bits per heavy atom. The van der Waals surface area contributed by atoms with Gasteiger partial charge in [-0.15, -0.1) is 0 Å². The zero-order chi connectivity index (χ0) is 18.5. The molecule has 0 bridgehead atoms. The molecule has 5 heteroatoms. The highest BCUT2D eigenvalue weighted by atomic mass is 16.5. The SMILES string of the molecule is COc1cc2c(cc1OCCCN(C)C)C(c1ccncc1C)NCC2. The summed E-state index contributed by atoms with van der Waals surface area (Å²) in [4.78, 5) is 6.39. The van der Waals surface area contributed by atoms with Crippen LogP contribution in [0.25, 0.3) is 0 Å². The number of hydrogen-bond donors (Lipinski definition) is 1. The average molecular weight is 355 g/mol. The molecule has 140 valence electrons. The van der Waals surface area contributed by atoms with Crippen LogP contribution < -0.4 is 14.8 Å². The van der Waals surface area contributed by atoms with Gasteiger partial charge in [0.2, 0.25) is 0 Å². The van der Waals surface area contributed by atoms with Crippen molar-refractivity contribution < 1.29 is 9.47 Å². The smallest absolute Gasteiger partial charge is 0.161 e. The second-order valence-corrected chi connectivity index (χ2v) is 7.08. The molecule has 1 aromatic heterocycles. The van der Waals surface area contributed by atoms with Gasteiger partial charge < -0.3 is 19.7 Å². The molecule has 0 amide bonds. The first-order valence-electron chi connectivity index (χ1n) is 9.22. The molecule has 0 spiro atoms. The lowest BCUT2D eigenvalue weighted by atomic mass is 9.88. The maximum atomic E-state index is 6.07. The van der Waals surface area contributed by atoms with E-state index in [2.05, 4.69) is 54.4 Å². The lowest BCUT2D eigenvalue weighted by Crippen LogP contribution is -2.31. The number of ether oxygens (including phenoxy) is 2. The summed E-state index contributed by atoms with van der Waals surface area (Å²) in [6, 6.07) is 6.56. The number of fused-ring (bicyclic) bond motifs is 1. The molecule has 0 radical (unpaired) electrons. The Bertz CT molecular complexity index is 746. The van der Waals surface area contributed by atoms with Crippen LogP contribution >= 0.6 is 0 Å². The van der Waals surface area contributed by atoms with E-state index in [1.54, 1.807) is 7.11 Å². The predicted octanol–water partition coefficient (Wildman–Crippen LogP) is 2.96. The fourth-order valence-electron chi connectivity index (χ4n) is 3.48. The summed E-state index contributed by atoms with van der Waals surface area (Å²) >= 11 is 0. The zero-order valence-corrected chi connectivity index (χ0v) is 16.2. The molecule has 5 nitrogen and oxygen atoms in total. The number of rotatable bonds is 7. The van der Waals surface area contributed by atoms with Crippen molar-refractivity contribution in [2.24, 2.45) is 0 Å². The number of hydrogen-bond acceptors (Lipinski definition) is 5. The number of nitrogens with one attached hydrogen (secondary N) is 1. The highest BCUT2D eigenvalue weighted by molar-refractivity contribution is 5.52. The molecule has 3 rings (SSSR count). The van der Waals surface area contributed by atoms with E-state index in [1.807, 2.05) is 12.4 Å². The normalized spacial score (nSPS) is 16.4. The molecule has 0 fully saturated rings. The van der Waals surface area contributed by atoms with Crippen molar-refractivity contribution in [1.29, 1.82) is 0 Å². The third kappa shape index (κ3) is 4.17. The quantitative estimate of drug-likeness (QED) is 0.774. The Labute approximate surface area is 156 Å². The van der Waals surface area contributed by atoms with Crippen molar-refractivity contribution in [2.75, 3.05) is 40.9 Å². The van der Waals surface area contributed by atoms with E-state index in [4.69, 9.17) is 9.47 Å². The Hall–Kier alpha value is -2.11. The van der Waals surface area contributed by atoms with Gasteiger partial charge in [-0.1, -0.05) is 0 Å². The van der Waals surface area contributed by atoms with Crippen LogP contribution in [0, 0.1) is 6.92 Å². The van der Waals surface area contributed by atoms with E-state index < -0.39 is 0 Å². The fraction of sp³-hybridized carbons (Fsp3) is 0.476. The molecule has 0 saturated carbocycles. The summed E-state index contributed by atoms with van der Waals surface area (Å²) in [6.07, 6.45) is 5.76. The third-order valence-electron chi connectivity index (χ3n) is 4.86. The van der Waals surface area contributed by atoms with Gasteiger partial charge in [0.1, 0.15) is 0 Å². The van der Waals surface area contributed by atoms with Crippen LogP contribution in [0.15, 0.2) is 30.6 Å². The topological polar surface area (TPSA) is 46.6 Å². The Morgan fingerprint density at radius 1 is 1.23 bits per heavy atom. The number of benzene rings is 1. The lowest BCUT2D eigenvalue weighted by molar-refractivity contribution is 0.267.